The van der Waals surface area contributed by atoms with Crippen molar-refractivity contribution >= 4 is 46.1 Å². The first-order chi connectivity index (χ1) is 14.4. The predicted octanol–water partition coefficient (Wildman–Crippen LogP) is 2.24. The molecule has 0 atom stereocenters. The van der Waals surface area contributed by atoms with Crippen molar-refractivity contribution in [3.8, 4) is 0 Å². The Bertz CT molecular complexity index is 824. The fraction of sp³-hybridized carbons (Fsp3) is 0.300. The topological polar surface area (TPSA) is 81.0 Å². The van der Waals surface area contributed by atoms with E-state index in [2.05, 4.69) is 31.0 Å². The Kier molecular flexibility index (Phi) is 9.23. The number of hydrazone groups is 2. The Morgan fingerprint density at radius 3 is 1.53 bits per heavy atom. The van der Waals surface area contributed by atoms with Crippen LogP contribution in [0.2, 0.25) is 0 Å². The maximum Gasteiger partial charge on any atom is 0.189 e. The first-order valence-corrected chi connectivity index (χ1v) is 10.1. The van der Waals surface area contributed by atoms with Crippen LogP contribution < -0.4 is 10.9 Å². The number of rotatable bonds is 7. The number of nitrogens with one attached hydrogen (secondary N) is 2. The van der Waals surface area contributed by atoms with Crippen molar-refractivity contribution in [3.63, 3.8) is 0 Å². The SMILES string of the molecule is C/C(=N\NC(=S)N(C)CCN(C)C(=S)N/N=C(\C)c1ccccn1)c1ccccn1. The number of aromatic nitrogens is 2. The van der Waals surface area contributed by atoms with E-state index >= 15 is 0 Å². The normalized spacial score (nSPS) is 11.6. The molecular weight excluding hydrogens is 416 g/mol. The van der Waals surface area contributed by atoms with Gasteiger partial charge in [0.2, 0.25) is 0 Å². The lowest BCUT2D eigenvalue weighted by Gasteiger charge is -2.24. The van der Waals surface area contributed by atoms with Gasteiger partial charge in [0.15, 0.2) is 10.2 Å². The summed E-state index contributed by atoms with van der Waals surface area (Å²) in [6.45, 7) is 5.07. The summed E-state index contributed by atoms with van der Waals surface area (Å²) < 4.78 is 0. The van der Waals surface area contributed by atoms with Gasteiger partial charge in [-0.05, 0) is 62.5 Å². The van der Waals surface area contributed by atoms with Gasteiger partial charge in [0, 0.05) is 39.6 Å². The van der Waals surface area contributed by atoms with Gasteiger partial charge >= 0.3 is 0 Å². The average molecular weight is 443 g/mol. The predicted molar refractivity (Wildman–Crippen MR) is 130 cm³/mol. The molecule has 0 amide bonds. The molecule has 10 heteroatoms. The van der Waals surface area contributed by atoms with E-state index in [1.165, 1.54) is 0 Å². The van der Waals surface area contributed by atoms with E-state index in [0.717, 1.165) is 22.8 Å². The van der Waals surface area contributed by atoms with Crippen LogP contribution in [0.15, 0.2) is 59.0 Å². The highest BCUT2D eigenvalue weighted by molar-refractivity contribution is 7.80. The molecule has 0 fully saturated rings. The molecule has 2 heterocycles. The zero-order chi connectivity index (χ0) is 21.9. The van der Waals surface area contributed by atoms with Crippen LogP contribution >= 0.6 is 24.4 Å². The van der Waals surface area contributed by atoms with Crippen molar-refractivity contribution in [2.45, 2.75) is 13.8 Å². The van der Waals surface area contributed by atoms with Gasteiger partial charge in [-0.25, -0.2) is 0 Å². The molecule has 30 heavy (non-hydrogen) atoms. The smallest absolute Gasteiger partial charge is 0.189 e. The molecular formula is C20H26N8S2. The van der Waals surface area contributed by atoms with Gasteiger partial charge in [0.05, 0.1) is 22.8 Å². The minimum atomic E-state index is 0.515. The highest BCUT2D eigenvalue weighted by atomic mass is 32.1. The van der Waals surface area contributed by atoms with Crippen molar-refractivity contribution in [1.82, 2.24) is 30.6 Å². The van der Waals surface area contributed by atoms with E-state index in [-0.39, 0.29) is 0 Å². The average Bonchev–Trinajstić information content (AvgIpc) is 2.79. The number of hydrogen-bond donors (Lipinski definition) is 2. The van der Waals surface area contributed by atoms with Crippen LogP contribution in [0.5, 0.6) is 0 Å². The lowest BCUT2D eigenvalue weighted by Crippen LogP contribution is -2.42. The maximum absolute atomic E-state index is 5.39. The molecule has 0 aromatic carbocycles. The molecule has 0 bridgehead atoms. The van der Waals surface area contributed by atoms with Crippen LogP contribution in [-0.2, 0) is 0 Å². The number of hydrogen-bond acceptors (Lipinski definition) is 6. The molecule has 0 aliphatic heterocycles. The molecule has 2 rings (SSSR count). The molecule has 0 aliphatic carbocycles. The second-order valence-electron chi connectivity index (χ2n) is 6.50. The van der Waals surface area contributed by atoms with Crippen LogP contribution in [0.3, 0.4) is 0 Å². The molecule has 2 N–H and O–H groups in total. The first kappa shape index (κ1) is 23.3. The van der Waals surface area contributed by atoms with Gasteiger partial charge in [-0.1, -0.05) is 12.1 Å². The fourth-order valence-corrected chi connectivity index (χ4v) is 2.48. The minimum absolute atomic E-state index is 0.515. The fourth-order valence-electron chi connectivity index (χ4n) is 2.21. The molecule has 2 aromatic rings. The standard InChI is InChI=1S/C20H26N8S2/c1-15(17-9-5-7-11-21-17)23-25-19(29)27(3)13-14-28(4)20(30)26-24-16(2)18-10-6-8-12-22-18/h5-12H,13-14H2,1-4H3,(H,25,29)(H,26,30)/b23-15+,24-16+. The monoisotopic (exact) mass is 442 g/mol. The summed E-state index contributed by atoms with van der Waals surface area (Å²) in [6, 6.07) is 11.4. The third-order valence-electron chi connectivity index (χ3n) is 4.17. The molecule has 158 valence electrons. The molecule has 0 radical (unpaired) electrons. The second kappa shape index (κ2) is 11.9. The van der Waals surface area contributed by atoms with Crippen molar-refractivity contribution in [1.29, 1.82) is 0 Å². The van der Waals surface area contributed by atoms with Gasteiger partial charge in [-0.3, -0.25) is 20.8 Å². The number of likely N-dealkylation sites (N-methyl/N-ethyl adjacent to an activating group) is 2. The van der Waals surface area contributed by atoms with E-state index in [0.29, 0.717) is 23.3 Å². The van der Waals surface area contributed by atoms with Crippen LogP contribution in [-0.4, -0.2) is 68.6 Å². The molecule has 0 spiro atoms. The third kappa shape index (κ3) is 7.45. The summed E-state index contributed by atoms with van der Waals surface area (Å²) >= 11 is 10.8. The molecule has 0 saturated carbocycles. The van der Waals surface area contributed by atoms with Crippen molar-refractivity contribution in [2.24, 2.45) is 10.2 Å². The van der Waals surface area contributed by atoms with Crippen LogP contribution in [0.4, 0.5) is 0 Å². The van der Waals surface area contributed by atoms with E-state index in [4.69, 9.17) is 24.4 Å². The highest BCUT2D eigenvalue weighted by Gasteiger charge is 2.08. The summed E-state index contributed by atoms with van der Waals surface area (Å²) in [5, 5.41) is 9.63. The van der Waals surface area contributed by atoms with E-state index < -0.39 is 0 Å². The number of pyridine rings is 2. The number of thiocarbonyl (C=S) groups is 2. The Labute approximate surface area is 188 Å². The summed E-state index contributed by atoms with van der Waals surface area (Å²) in [7, 11) is 3.79. The van der Waals surface area contributed by atoms with Crippen LogP contribution in [0.25, 0.3) is 0 Å². The Morgan fingerprint density at radius 1 is 0.800 bits per heavy atom. The van der Waals surface area contributed by atoms with E-state index in [1.54, 1.807) is 12.4 Å². The summed E-state index contributed by atoms with van der Waals surface area (Å²) in [5.41, 5.74) is 8.92. The largest absolute Gasteiger partial charge is 0.349 e. The van der Waals surface area contributed by atoms with Crippen molar-refractivity contribution in [3.05, 3.63) is 60.2 Å². The maximum atomic E-state index is 5.39. The summed E-state index contributed by atoms with van der Waals surface area (Å²) in [4.78, 5) is 12.3. The lowest BCUT2D eigenvalue weighted by atomic mass is 10.3. The molecule has 8 nitrogen and oxygen atoms in total. The molecule has 2 aromatic heterocycles. The van der Waals surface area contributed by atoms with Gasteiger partial charge in [0.25, 0.3) is 0 Å². The Balaban J connectivity index is 1.78. The first-order valence-electron chi connectivity index (χ1n) is 9.32. The zero-order valence-corrected chi connectivity index (χ0v) is 19.2. The summed E-state index contributed by atoms with van der Waals surface area (Å²) in [5.74, 6) is 0. The van der Waals surface area contributed by atoms with Gasteiger partial charge in [-0.15, -0.1) is 0 Å². The Hall–Kier alpha value is -2.98. The van der Waals surface area contributed by atoms with Gasteiger partial charge in [-0.2, -0.15) is 10.2 Å². The van der Waals surface area contributed by atoms with E-state index in [1.807, 2.05) is 74.1 Å². The van der Waals surface area contributed by atoms with Crippen molar-refractivity contribution in [2.75, 3.05) is 27.2 Å². The molecule has 0 saturated heterocycles. The summed E-state index contributed by atoms with van der Waals surface area (Å²) in [6.07, 6.45) is 3.46. The molecule has 0 unspecified atom stereocenters. The van der Waals surface area contributed by atoms with E-state index in [9.17, 15) is 0 Å². The van der Waals surface area contributed by atoms with Crippen LogP contribution in [0, 0.1) is 0 Å². The minimum Gasteiger partial charge on any atom is -0.349 e. The van der Waals surface area contributed by atoms with Gasteiger partial charge in [0.1, 0.15) is 0 Å². The second-order valence-corrected chi connectivity index (χ2v) is 7.27. The van der Waals surface area contributed by atoms with Crippen LogP contribution in [0.1, 0.15) is 25.2 Å². The zero-order valence-electron chi connectivity index (χ0n) is 17.5. The quantitative estimate of drug-likeness (QED) is 0.384. The highest BCUT2D eigenvalue weighted by Crippen LogP contribution is 1.97. The van der Waals surface area contributed by atoms with Crippen molar-refractivity contribution < 1.29 is 0 Å². The number of nitrogens with zero attached hydrogens (tertiary/aromatic N) is 6. The third-order valence-corrected chi connectivity index (χ3v) is 4.98. The Morgan fingerprint density at radius 2 is 1.20 bits per heavy atom. The lowest BCUT2D eigenvalue weighted by molar-refractivity contribution is 0.405. The molecule has 0 aliphatic rings. The van der Waals surface area contributed by atoms with Gasteiger partial charge < -0.3 is 9.80 Å².